The molecule has 2 aliphatic heterocycles. The first-order valence-electron chi connectivity index (χ1n) is 10.9. The second-order valence-electron chi connectivity index (χ2n) is 8.31. The summed E-state index contributed by atoms with van der Waals surface area (Å²) < 4.78 is 5.61. The Balaban J connectivity index is 1.42. The molecule has 31 heavy (non-hydrogen) atoms. The van der Waals surface area contributed by atoms with E-state index in [1.165, 1.54) is 0 Å². The van der Waals surface area contributed by atoms with E-state index in [0.717, 1.165) is 43.7 Å². The molecule has 2 amide bonds. The number of piperidine rings is 1. The van der Waals surface area contributed by atoms with Crippen LogP contribution in [0, 0.1) is 6.92 Å². The average Bonchev–Trinajstić information content (AvgIpc) is 3.31. The molecule has 164 valence electrons. The van der Waals surface area contributed by atoms with Gasteiger partial charge in [0.25, 0.3) is 11.8 Å². The van der Waals surface area contributed by atoms with Crippen molar-refractivity contribution in [2.45, 2.75) is 44.6 Å². The molecule has 1 atom stereocenters. The van der Waals surface area contributed by atoms with Crippen molar-refractivity contribution in [3.05, 3.63) is 63.9 Å². The Morgan fingerprint density at radius 2 is 2.00 bits per heavy atom. The number of nitrogens with zero attached hydrogens (tertiary/aromatic N) is 2. The van der Waals surface area contributed by atoms with E-state index in [1.807, 2.05) is 24.0 Å². The lowest BCUT2D eigenvalue weighted by Gasteiger charge is -2.32. The van der Waals surface area contributed by atoms with E-state index in [0.29, 0.717) is 35.8 Å². The highest BCUT2D eigenvalue weighted by Crippen LogP contribution is 2.30. The average molecular weight is 442 g/mol. The molecule has 1 N–H and O–H groups in total. The molecule has 6 nitrogen and oxygen atoms in total. The Bertz CT molecular complexity index is 951. The fourth-order valence-electron chi connectivity index (χ4n) is 4.35. The number of carbonyl (C=O) groups is 2. The number of hydrogen-bond acceptors (Lipinski definition) is 4. The third-order valence-corrected chi connectivity index (χ3v) is 6.30. The summed E-state index contributed by atoms with van der Waals surface area (Å²) in [5.74, 6) is 0.0370. The van der Waals surface area contributed by atoms with E-state index in [-0.39, 0.29) is 23.8 Å². The van der Waals surface area contributed by atoms with Crippen LogP contribution in [0.15, 0.2) is 36.4 Å². The van der Waals surface area contributed by atoms with Gasteiger partial charge in [-0.15, -0.1) is 0 Å². The molecule has 1 aromatic heterocycles. The van der Waals surface area contributed by atoms with Gasteiger partial charge in [0.15, 0.2) is 0 Å². The maximum atomic E-state index is 12.9. The summed E-state index contributed by atoms with van der Waals surface area (Å²) in [5, 5.41) is 3.57. The second-order valence-corrected chi connectivity index (χ2v) is 8.74. The second kappa shape index (κ2) is 9.79. The Morgan fingerprint density at radius 3 is 2.71 bits per heavy atom. The maximum absolute atomic E-state index is 12.9. The first-order chi connectivity index (χ1) is 15.0. The molecule has 1 aromatic carbocycles. The predicted molar refractivity (Wildman–Crippen MR) is 120 cm³/mol. The van der Waals surface area contributed by atoms with Crippen molar-refractivity contribution in [2.75, 3.05) is 26.2 Å². The molecule has 7 heteroatoms. The lowest BCUT2D eigenvalue weighted by atomic mass is 9.89. The van der Waals surface area contributed by atoms with Crippen LogP contribution in [0.3, 0.4) is 0 Å². The van der Waals surface area contributed by atoms with Gasteiger partial charge in [0.05, 0.1) is 17.4 Å². The number of amides is 2. The number of carbonyl (C=O) groups excluding carboxylic acids is 2. The van der Waals surface area contributed by atoms with Gasteiger partial charge in [-0.1, -0.05) is 17.7 Å². The van der Waals surface area contributed by atoms with E-state index in [2.05, 4.69) is 5.32 Å². The molecule has 1 unspecified atom stereocenters. The number of aryl methyl sites for hydroxylation is 1. The quantitative estimate of drug-likeness (QED) is 0.762. The highest BCUT2D eigenvalue weighted by atomic mass is 35.5. The summed E-state index contributed by atoms with van der Waals surface area (Å²) >= 11 is 6.04. The minimum Gasteiger partial charge on any atom is -0.376 e. The monoisotopic (exact) mass is 441 g/mol. The van der Waals surface area contributed by atoms with Gasteiger partial charge >= 0.3 is 0 Å². The predicted octanol–water partition coefficient (Wildman–Crippen LogP) is 3.97. The normalized spacial score (nSPS) is 19.4. The van der Waals surface area contributed by atoms with Crippen molar-refractivity contribution in [3.8, 4) is 0 Å². The number of halogens is 1. The highest BCUT2D eigenvalue weighted by molar-refractivity contribution is 6.30. The van der Waals surface area contributed by atoms with Crippen molar-refractivity contribution >= 4 is 23.4 Å². The lowest BCUT2D eigenvalue weighted by molar-refractivity contribution is 0.0710. The number of aromatic nitrogens is 1. The molecule has 4 rings (SSSR count). The lowest BCUT2D eigenvalue weighted by Crippen LogP contribution is -2.39. The van der Waals surface area contributed by atoms with E-state index in [1.54, 1.807) is 24.3 Å². The number of rotatable bonds is 5. The molecule has 0 saturated carbocycles. The molecule has 2 aliphatic rings. The molecule has 0 aliphatic carbocycles. The number of benzene rings is 1. The minimum absolute atomic E-state index is 0.00678. The Morgan fingerprint density at radius 1 is 1.19 bits per heavy atom. The van der Waals surface area contributed by atoms with Crippen molar-refractivity contribution in [3.63, 3.8) is 0 Å². The summed E-state index contributed by atoms with van der Waals surface area (Å²) in [6.45, 7) is 4.49. The SMILES string of the molecule is Cc1ccc(C(=O)NCC2CCCO2)c(C2CCN(C(=O)c3cccc(Cl)c3)CC2)n1. The zero-order valence-corrected chi connectivity index (χ0v) is 18.5. The molecule has 3 heterocycles. The zero-order valence-electron chi connectivity index (χ0n) is 17.8. The van der Waals surface area contributed by atoms with Crippen LogP contribution in [0.25, 0.3) is 0 Å². The largest absolute Gasteiger partial charge is 0.376 e. The Hall–Kier alpha value is -2.44. The van der Waals surface area contributed by atoms with Crippen LogP contribution >= 0.6 is 11.6 Å². The molecular weight excluding hydrogens is 414 g/mol. The van der Waals surface area contributed by atoms with Crippen LogP contribution in [-0.2, 0) is 4.74 Å². The van der Waals surface area contributed by atoms with Gasteiger partial charge in [0.2, 0.25) is 0 Å². The minimum atomic E-state index is -0.101. The van der Waals surface area contributed by atoms with Crippen LogP contribution < -0.4 is 5.32 Å². The highest BCUT2D eigenvalue weighted by Gasteiger charge is 2.28. The summed E-state index contributed by atoms with van der Waals surface area (Å²) in [4.78, 5) is 32.3. The number of hydrogen-bond donors (Lipinski definition) is 1. The summed E-state index contributed by atoms with van der Waals surface area (Å²) in [6, 6.07) is 10.8. The summed E-state index contributed by atoms with van der Waals surface area (Å²) in [6.07, 6.45) is 3.68. The van der Waals surface area contributed by atoms with Crippen LogP contribution in [0.1, 0.15) is 63.7 Å². The molecule has 2 saturated heterocycles. The van der Waals surface area contributed by atoms with Crippen LogP contribution in [0.2, 0.25) is 5.02 Å². The maximum Gasteiger partial charge on any atom is 0.253 e. The number of likely N-dealkylation sites (tertiary alicyclic amines) is 1. The fourth-order valence-corrected chi connectivity index (χ4v) is 4.54. The van der Waals surface area contributed by atoms with E-state index < -0.39 is 0 Å². The van der Waals surface area contributed by atoms with Crippen molar-refractivity contribution in [1.82, 2.24) is 15.2 Å². The smallest absolute Gasteiger partial charge is 0.253 e. The van der Waals surface area contributed by atoms with Gasteiger partial charge in [-0.25, -0.2) is 0 Å². The first kappa shape index (κ1) is 21.8. The molecule has 0 bridgehead atoms. The van der Waals surface area contributed by atoms with E-state index in [4.69, 9.17) is 21.3 Å². The standard InChI is InChI=1S/C24H28ClN3O3/c1-16-7-8-21(23(29)26-15-20-6-3-13-31-20)22(27-16)17-9-11-28(12-10-17)24(30)18-4-2-5-19(25)14-18/h2,4-5,7-8,14,17,20H,3,6,9-13,15H2,1H3,(H,26,29). The summed E-state index contributed by atoms with van der Waals surface area (Å²) in [5.41, 5.74) is 2.96. The van der Waals surface area contributed by atoms with Gasteiger partial charge in [0, 0.05) is 48.4 Å². The summed E-state index contributed by atoms with van der Waals surface area (Å²) in [7, 11) is 0. The van der Waals surface area contributed by atoms with Crippen molar-refractivity contribution < 1.29 is 14.3 Å². The number of nitrogens with one attached hydrogen (secondary N) is 1. The van der Waals surface area contributed by atoms with E-state index >= 15 is 0 Å². The van der Waals surface area contributed by atoms with Gasteiger partial charge in [-0.05, 0) is 62.9 Å². The van der Waals surface area contributed by atoms with Gasteiger partial charge in [0.1, 0.15) is 0 Å². The Labute approximate surface area is 187 Å². The number of pyridine rings is 1. The molecule has 2 fully saturated rings. The first-order valence-corrected chi connectivity index (χ1v) is 11.3. The molecular formula is C24H28ClN3O3. The van der Waals surface area contributed by atoms with Crippen molar-refractivity contribution in [1.29, 1.82) is 0 Å². The third kappa shape index (κ3) is 5.25. The van der Waals surface area contributed by atoms with Gasteiger partial charge < -0.3 is 15.0 Å². The van der Waals surface area contributed by atoms with Gasteiger partial charge in [-0.3, -0.25) is 14.6 Å². The van der Waals surface area contributed by atoms with Crippen LogP contribution in [0.4, 0.5) is 0 Å². The Kier molecular flexibility index (Phi) is 6.88. The molecule has 2 aromatic rings. The molecule has 0 radical (unpaired) electrons. The van der Waals surface area contributed by atoms with E-state index in [9.17, 15) is 9.59 Å². The van der Waals surface area contributed by atoms with Crippen LogP contribution in [-0.4, -0.2) is 54.0 Å². The number of ether oxygens (including phenoxy) is 1. The third-order valence-electron chi connectivity index (χ3n) is 6.06. The zero-order chi connectivity index (χ0) is 21.8. The fraction of sp³-hybridized carbons (Fsp3) is 0.458. The van der Waals surface area contributed by atoms with Crippen LogP contribution in [0.5, 0.6) is 0 Å². The molecule has 0 spiro atoms. The van der Waals surface area contributed by atoms with Crippen molar-refractivity contribution in [2.24, 2.45) is 0 Å². The van der Waals surface area contributed by atoms with Gasteiger partial charge in [-0.2, -0.15) is 0 Å². The topological polar surface area (TPSA) is 71.5 Å².